The van der Waals surface area contributed by atoms with E-state index in [0.717, 1.165) is 43.6 Å². The molecule has 4 fully saturated rings. The molecule has 1 aromatic carbocycles. The number of ether oxygens (including phenoxy) is 2. The maximum absolute atomic E-state index is 12.7. The normalized spacial score (nSPS) is 41.4. The molecule has 3 nitrogen and oxygen atoms in total. The molecule has 0 bridgehead atoms. The number of rotatable bonds is 7. The fourth-order valence-electron chi connectivity index (χ4n) is 8.89. The molecule has 9 atom stereocenters. The molecule has 0 spiro atoms. The van der Waals surface area contributed by atoms with Crippen LogP contribution in [0.25, 0.3) is 0 Å². The molecule has 4 aliphatic carbocycles. The second-order valence-electron chi connectivity index (χ2n) is 12.7. The summed E-state index contributed by atoms with van der Waals surface area (Å²) in [4.78, 5) is 12.6. The second-order valence-corrected chi connectivity index (χ2v) is 13.8. The molecule has 5 rings (SSSR count). The zero-order valence-corrected chi connectivity index (χ0v) is 23.6. The lowest BCUT2D eigenvalue weighted by Crippen LogP contribution is -2.54. The standard InChI is InChI=1S/C31H45BrO3/c1-4-8-27(32)29(33)35-28-14-13-25-24-12-11-22-19-23(34-20-21-9-6-5-7-10-21)15-17-30(22,2)26(24)16-18-31(25,28)3/h5-7,9-10,22-28H,4,8,11-20H2,1-3H3. The quantitative estimate of drug-likeness (QED) is 0.257. The molecule has 4 aliphatic rings. The summed E-state index contributed by atoms with van der Waals surface area (Å²) in [5, 5.41) is 0. The Morgan fingerprint density at radius 1 is 1.00 bits per heavy atom. The van der Waals surface area contributed by atoms with Crippen molar-refractivity contribution in [3.8, 4) is 0 Å². The number of alkyl halides is 1. The van der Waals surface area contributed by atoms with Crippen molar-refractivity contribution in [2.45, 2.75) is 115 Å². The lowest BCUT2D eigenvalue weighted by Gasteiger charge is -2.61. The summed E-state index contributed by atoms with van der Waals surface area (Å²) in [6, 6.07) is 10.6. The minimum atomic E-state index is -0.153. The molecule has 9 unspecified atom stereocenters. The van der Waals surface area contributed by atoms with Gasteiger partial charge in [-0.1, -0.05) is 73.5 Å². The molecule has 4 saturated carbocycles. The molecule has 0 amide bonds. The summed E-state index contributed by atoms with van der Waals surface area (Å²) in [5.74, 6) is 3.10. The highest BCUT2D eigenvalue weighted by Crippen LogP contribution is 2.66. The van der Waals surface area contributed by atoms with Crippen molar-refractivity contribution in [1.29, 1.82) is 0 Å². The van der Waals surface area contributed by atoms with Gasteiger partial charge in [-0.15, -0.1) is 0 Å². The number of carbonyl (C=O) groups excluding carboxylic acids is 1. The van der Waals surface area contributed by atoms with Crippen molar-refractivity contribution in [3.63, 3.8) is 0 Å². The lowest BCUT2D eigenvalue weighted by molar-refractivity contribution is -0.166. The number of benzene rings is 1. The van der Waals surface area contributed by atoms with E-state index in [4.69, 9.17) is 9.47 Å². The van der Waals surface area contributed by atoms with Gasteiger partial charge < -0.3 is 9.47 Å². The van der Waals surface area contributed by atoms with E-state index in [2.05, 4.69) is 67.0 Å². The van der Waals surface area contributed by atoms with Gasteiger partial charge in [-0.3, -0.25) is 4.79 Å². The maximum atomic E-state index is 12.7. The Morgan fingerprint density at radius 3 is 2.51 bits per heavy atom. The number of hydrogen-bond acceptors (Lipinski definition) is 3. The molecule has 0 aromatic heterocycles. The average Bonchev–Trinajstić information content (AvgIpc) is 3.19. The van der Waals surface area contributed by atoms with Gasteiger partial charge in [-0.05, 0) is 98.9 Å². The third-order valence-electron chi connectivity index (χ3n) is 10.9. The van der Waals surface area contributed by atoms with Crippen molar-refractivity contribution in [1.82, 2.24) is 0 Å². The van der Waals surface area contributed by atoms with E-state index in [1.165, 1.54) is 56.9 Å². The molecular weight excluding hydrogens is 500 g/mol. The van der Waals surface area contributed by atoms with Gasteiger partial charge in [-0.25, -0.2) is 0 Å². The Balaban J connectivity index is 1.22. The van der Waals surface area contributed by atoms with Crippen LogP contribution >= 0.6 is 15.9 Å². The minimum Gasteiger partial charge on any atom is -0.461 e. The highest BCUT2D eigenvalue weighted by molar-refractivity contribution is 9.10. The zero-order chi connectivity index (χ0) is 24.6. The van der Waals surface area contributed by atoms with Crippen LogP contribution in [0, 0.1) is 34.5 Å². The van der Waals surface area contributed by atoms with Gasteiger partial charge in [0, 0.05) is 5.41 Å². The van der Waals surface area contributed by atoms with Gasteiger partial charge in [0.1, 0.15) is 10.9 Å². The first-order chi connectivity index (χ1) is 16.8. The van der Waals surface area contributed by atoms with Crippen molar-refractivity contribution in [2.75, 3.05) is 0 Å². The molecule has 0 saturated heterocycles. The van der Waals surface area contributed by atoms with Gasteiger partial charge in [-0.2, -0.15) is 0 Å². The topological polar surface area (TPSA) is 35.5 Å². The number of fused-ring (bicyclic) bond motifs is 5. The molecule has 1 aromatic rings. The van der Waals surface area contributed by atoms with Crippen molar-refractivity contribution in [2.24, 2.45) is 34.5 Å². The third kappa shape index (κ3) is 4.88. The third-order valence-corrected chi connectivity index (χ3v) is 11.7. The van der Waals surface area contributed by atoms with E-state index in [9.17, 15) is 4.79 Å². The van der Waals surface area contributed by atoms with E-state index in [0.29, 0.717) is 17.4 Å². The monoisotopic (exact) mass is 544 g/mol. The van der Waals surface area contributed by atoms with E-state index in [1.807, 2.05) is 0 Å². The second kappa shape index (κ2) is 10.5. The first-order valence-electron chi connectivity index (χ1n) is 14.3. The number of esters is 1. The predicted molar refractivity (Wildman–Crippen MR) is 144 cm³/mol. The van der Waals surface area contributed by atoms with Crippen LogP contribution in [0.2, 0.25) is 0 Å². The Morgan fingerprint density at radius 2 is 1.74 bits per heavy atom. The van der Waals surface area contributed by atoms with Crippen molar-refractivity contribution < 1.29 is 14.3 Å². The fraction of sp³-hybridized carbons (Fsp3) is 0.774. The fourth-order valence-corrected chi connectivity index (χ4v) is 9.46. The van der Waals surface area contributed by atoms with Gasteiger partial charge in [0.2, 0.25) is 0 Å². The minimum absolute atomic E-state index is 0.0367. The Labute approximate surface area is 221 Å². The Kier molecular flexibility index (Phi) is 7.71. The van der Waals surface area contributed by atoms with E-state index >= 15 is 0 Å². The highest BCUT2D eigenvalue weighted by Gasteiger charge is 2.61. The zero-order valence-electron chi connectivity index (χ0n) is 22.0. The molecule has 0 radical (unpaired) electrons. The summed E-state index contributed by atoms with van der Waals surface area (Å²) in [6.45, 7) is 7.94. The van der Waals surface area contributed by atoms with Gasteiger partial charge in [0.05, 0.1) is 12.7 Å². The number of carbonyl (C=O) groups is 1. The molecule has 0 aliphatic heterocycles. The molecular formula is C31H45BrO3. The molecule has 4 heteroatoms. The average molecular weight is 546 g/mol. The first kappa shape index (κ1) is 25.8. The van der Waals surface area contributed by atoms with Gasteiger partial charge >= 0.3 is 5.97 Å². The van der Waals surface area contributed by atoms with Crippen LogP contribution in [0.4, 0.5) is 0 Å². The molecule has 194 valence electrons. The summed E-state index contributed by atoms with van der Waals surface area (Å²) < 4.78 is 12.6. The molecule has 35 heavy (non-hydrogen) atoms. The molecule has 0 heterocycles. The Bertz CT molecular complexity index is 873. The Hall–Kier alpha value is -0.870. The van der Waals surface area contributed by atoms with Crippen LogP contribution in [-0.4, -0.2) is 23.0 Å². The summed E-state index contributed by atoms with van der Waals surface area (Å²) in [7, 11) is 0. The first-order valence-corrected chi connectivity index (χ1v) is 15.3. The lowest BCUT2D eigenvalue weighted by atomic mass is 9.45. The van der Waals surface area contributed by atoms with Crippen LogP contribution in [-0.2, 0) is 20.9 Å². The van der Waals surface area contributed by atoms with Crippen LogP contribution in [0.5, 0.6) is 0 Å². The predicted octanol–water partition coefficient (Wildman–Crippen LogP) is 8.09. The maximum Gasteiger partial charge on any atom is 0.320 e. The highest BCUT2D eigenvalue weighted by atomic mass is 79.9. The number of halogens is 1. The van der Waals surface area contributed by atoms with Crippen LogP contribution in [0.15, 0.2) is 30.3 Å². The van der Waals surface area contributed by atoms with E-state index in [1.54, 1.807) is 0 Å². The summed E-state index contributed by atoms with van der Waals surface area (Å²) in [5.41, 5.74) is 1.90. The largest absolute Gasteiger partial charge is 0.461 e. The van der Waals surface area contributed by atoms with Crippen LogP contribution in [0.3, 0.4) is 0 Å². The summed E-state index contributed by atoms with van der Waals surface area (Å²) in [6.07, 6.45) is 13.6. The smallest absolute Gasteiger partial charge is 0.320 e. The molecule has 0 N–H and O–H groups in total. The van der Waals surface area contributed by atoms with Gasteiger partial charge in [0.15, 0.2) is 0 Å². The van der Waals surface area contributed by atoms with E-state index in [-0.39, 0.29) is 22.3 Å². The van der Waals surface area contributed by atoms with Crippen LogP contribution < -0.4 is 0 Å². The van der Waals surface area contributed by atoms with E-state index < -0.39 is 0 Å². The van der Waals surface area contributed by atoms with Crippen LogP contribution in [0.1, 0.15) is 97.0 Å². The van der Waals surface area contributed by atoms with Gasteiger partial charge in [0.25, 0.3) is 0 Å². The van der Waals surface area contributed by atoms with Crippen molar-refractivity contribution >= 4 is 21.9 Å². The number of hydrogen-bond donors (Lipinski definition) is 0. The van der Waals surface area contributed by atoms with Crippen molar-refractivity contribution in [3.05, 3.63) is 35.9 Å². The SMILES string of the molecule is CCCC(Br)C(=O)OC1CCC2C3CCC4CC(OCc5ccccc5)CCC4(C)C3CCC12C. The summed E-state index contributed by atoms with van der Waals surface area (Å²) >= 11 is 3.56.